The van der Waals surface area contributed by atoms with Gasteiger partial charge in [-0.1, -0.05) is 0 Å². The SMILES string of the molecule is Cc1cc(NC2CCN(S(=O)(=O)C(F)(F)F)CC2)ncc1Br. The number of hydrogen-bond acceptors (Lipinski definition) is 4. The second-order valence-electron chi connectivity index (χ2n) is 5.09. The highest BCUT2D eigenvalue weighted by Gasteiger charge is 2.50. The van der Waals surface area contributed by atoms with Gasteiger partial charge in [-0.15, -0.1) is 0 Å². The van der Waals surface area contributed by atoms with E-state index in [2.05, 4.69) is 26.2 Å². The molecule has 1 saturated heterocycles. The molecule has 0 saturated carbocycles. The highest BCUT2D eigenvalue weighted by molar-refractivity contribution is 9.10. The minimum atomic E-state index is -5.24. The minimum Gasteiger partial charge on any atom is -0.367 e. The van der Waals surface area contributed by atoms with Crippen LogP contribution in [0.4, 0.5) is 19.0 Å². The summed E-state index contributed by atoms with van der Waals surface area (Å²) in [6, 6.07) is 1.72. The number of pyridine rings is 1. The topological polar surface area (TPSA) is 62.3 Å². The lowest BCUT2D eigenvalue weighted by Gasteiger charge is -2.32. The summed E-state index contributed by atoms with van der Waals surface area (Å²) >= 11 is 3.33. The first-order valence-electron chi connectivity index (χ1n) is 6.56. The molecular formula is C12H15BrF3N3O2S. The number of nitrogens with zero attached hydrogens (tertiary/aromatic N) is 2. The molecule has 10 heteroatoms. The molecule has 1 aromatic heterocycles. The van der Waals surface area contributed by atoms with Gasteiger partial charge in [0.15, 0.2) is 0 Å². The van der Waals surface area contributed by atoms with Crippen molar-refractivity contribution in [1.29, 1.82) is 0 Å². The maximum atomic E-state index is 12.5. The van der Waals surface area contributed by atoms with Gasteiger partial charge in [-0.25, -0.2) is 13.4 Å². The van der Waals surface area contributed by atoms with E-state index in [4.69, 9.17) is 0 Å². The summed E-state index contributed by atoms with van der Waals surface area (Å²) < 4.78 is 61.4. The number of aryl methyl sites for hydroxylation is 1. The zero-order valence-corrected chi connectivity index (χ0v) is 14.1. The molecule has 0 aliphatic carbocycles. The van der Waals surface area contributed by atoms with E-state index >= 15 is 0 Å². The Morgan fingerprint density at radius 1 is 1.36 bits per heavy atom. The zero-order chi connectivity index (χ0) is 16.5. The fourth-order valence-corrected chi connectivity index (χ4v) is 3.42. The van der Waals surface area contributed by atoms with Crippen LogP contribution in [-0.2, 0) is 10.0 Å². The van der Waals surface area contributed by atoms with Crippen molar-refractivity contribution in [2.24, 2.45) is 0 Å². The summed E-state index contributed by atoms with van der Waals surface area (Å²) in [5, 5.41) is 3.12. The number of rotatable bonds is 3. The van der Waals surface area contributed by atoms with Gasteiger partial charge in [0, 0.05) is 29.8 Å². The Hall–Kier alpha value is -0.870. The molecule has 0 unspecified atom stereocenters. The average Bonchev–Trinajstić information content (AvgIpc) is 2.42. The van der Waals surface area contributed by atoms with E-state index in [1.165, 1.54) is 0 Å². The fraction of sp³-hybridized carbons (Fsp3) is 0.583. The van der Waals surface area contributed by atoms with Gasteiger partial charge in [0.2, 0.25) is 0 Å². The Bertz CT molecular complexity index is 644. The van der Waals surface area contributed by atoms with E-state index in [-0.39, 0.29) is 19.1 Å². The molecule has 0 bridgehead atoms. The maximum absolute atomic E-state index is 12.5. The Labute approximate surface area is 135 Å². The summed E-state index contributed by atoms with van der Waals surface area (Å²) in [5.74, 6) is 0.623. The summed E-state index contributed by atoms with van der Waals surface area (Å²) in [6.07, 6.45) is 2.24. The molecule has 5 nitrogen and oxygen atoms in total. The van der Waals surface area contributed by atoms with Gasteiger partial charge in [-0.05, 0) is 47.3 Å². The van der Waals surface area contributed by atoms with Crippen molar-refractivity contribution < 1.29 is 21.6 Å². The Morgan fingerprint density at radius 3 is 2.45 bits per heavy atom. The minimum absolute atomic E-state index is 0.104. The molecule has 0 radical (unpaired) electrons. The third-order valence-corrected chi connectivity index (χ3v) is 5.95. The summed E-state index contributed by atoms with van der Waals surface area (Å²) in [4.78, 5) is 4.17. The predicted octanol–water partition coefficient (Wildman–Crippen LogP) is 2.88. The molecule has 2 heterocycles. The summed E-state index contributed by atoms with van der Waals surface area (Å²) in [5.41, 5.74) is -4.26. The molecule has 1 aliphatic heterocycles. The molecule has 0 aromatic carbocycles. The zero-order valence-electron chi connectivity index (χ0n) is 11.7. The van der Waals surface area contributed by atoms with Crippen LogP contribution < -0.4 is 5.32 Å². The third kappa shape index (κ3) is 3.72. The molecule has 0 spiro atoms. The Kier molecular flexibility index (Phi) is 5.03. The van der Waals surface area contributed by atoms with Crippen LogP contribution in [0.25, 0.3) is 0 Å². The number of hydrogen-bond donors (Lipinski definition) is 1. The van der Waals surface area contributed by atoms with Gasteiger partial charge < -0.3 is 5.32 Å². The van der Waals surface area contributed by atoms with E-state index in [9.17, 15) is 21.6 Å². The van der Waals surface area contributed by atoms with Crippen molar-refractivity contribution in [3.8, 4) is 0 Å². The van der Waals surface area contributed by atoms with Gasteiger partial charge in [0.05, 0.1) is 0 Å². The first-order valence-corrected chi connectivity index (χ1v) is 8.79. The van der Waals surface area contributed by atoms with Gasteiger partial charge in [-0.2, -0.15) is 17.5 Å². The van der Waals surface area contributed by atoms with Crippen molar-refractivity contribution >= 4 is 31.8 Å². The first-order chi connectivity index (χ1) is 10.1. The maximum Gasteiger partial charge on any atom is 0.511 e. The van der Waals surface area contributed by atoms with Gasteiger partial charge in [-0.3, -0.25) is 0 Å². The Morgan fingerprint density at radius 2 is 1.95 bits per heavy atom. The van der Waals surface area contributed by atoms with E-state index < -0.39 is 15.5 Å². The lowest BCUT2D eigenvalue weighted by Crippen LogP contribution is -2.47. The first kappa shape index (κ1) is 17.5. The molecular weight excluding hydrogens is 387 g/mol. The van der Waals surface area contributed by atoms with Crippen LogP contribution in [-0.4, -0.2) is 42.3 Å². The van der Waals surface area contributed by atoms with Gasteiger partial charge in [0.25, 0.3) is 0 Å². The van der Waals surface area contributed by atoms with Crippen molar-refractivity contribution in [1.82, 2.24) is 9.29 Å². The normalized spacial score (nSPS) is 18.4. The highest BCUT2D eigenvalue weighted by Crippen LogP contribution is 2.29. The van der Waals surface area contributed by atoms with E-state index in [0.29, 0.717) is 23.0 Å². The fourth-order valence-electron chi connectivity index (χ4n) is 2.21. The molecule has 1 fully saturated rings. The molecule has 2 rings (SSSR count). The molecule has 1 aromatic rings. The van der Waals surface area contributed by atoms with E-state index in [1.807, 2.05) is 13.0 Å². The van der Waals surface area contributed by atoms with Gasteiger partial charge >= 0.3 is 15.5 Å². The highest BCUT2D eigenvalue weighted by atomic mass is 79.9. The molecule has 0 atom stereocenters. The number of sulfonamides is 1. The van der Waals surface area contributed by atoms with Gasteiger partial charge in [0.1, 0.15) is 5.82 Å². The predicted molar refractivity (Wildman–Crippen MR) is 79.9 cm³/mol. The smallest absolute Gasteiger partial charge is 0.367 e. The van der Waals surface area contributed by atoms with Crippen LogP contribution in [0.3, 0.4) is 0 Å². The van der Waals surface area contributed by atoms with Crippen LogP contribution >= 0.6 is 15.9 Å². The second kappa shape index (κ2) is 6.32. The second-order valence-corrected chi connectivity index (χ2v) is 7.87. The van der Waals surface area contributed by atoms with Crippen LogP contribution in [0, 0.1) is 6.92 Å². The largest absolute Gasteiger partial charge is 0.511 e. The molecule has 1 aliphatic rings. The molecule has 1 N–H and O–H groups in total. The van der Waals surface area contributed by atoms with Crippen LogP contribution in [0.5, 0.6) is 0 Å². The molecule has 22 heavy (non-hydrogen) atoms. The number of aromatic nitrogens is 1. The monoisotopic (exact) mass is 401 g/mol. The van der Waals surface area contributed by atoms with Crippen LogP contribution in [0.15, 0.2) is 16.7 Å². The number of piperidine rings is 1. The van der Waals surface area contributed by atoms with Crippen molar-refractivity contribution in [2.75, 3.05) is 18.4 Å². The molecule has 124 valence electrons. The lowest BCUT2D eigenvalue weighted by molar-refractivity contribution is -0.0494. The van der Waals surface area contributed by atoms with Crippen LogP contribution in [0.2, 0.25) is 0 Å². The van der Waals surface area contributed by atoms with E-state index in [0.717, 1.165) is 10.0 Å². The summed E-state index contributed by atoms with van der Waals surface area (Å²) in [6.45, 7) is 1.58. The van der Waals surface area contributed by atoms with Crippen molar-refractivity contribution in [3.05, 3.63) is 22.3 Å². The summed E-state index contributed by atoms with van der Waals surface area (Å²) in [7, 11) is -5.22. The number of alkyl halides is 3. The molecule has 0 amide bonds. The van der Waals surface area contributed by atoms with Crippen molar-refractivity contribution in [3.63, 3.8) is 0 Å². The standard InChI is InChI=1S/C12H15BrF3N3O2S/c1-8-6-11(17-7-10(8)13)18-9-2-4-19(5-3-9)22(20,21)12(14,15)16/h6-7,9H,2-5H2,1H3,(H,17,18). The third-order valence-electron chi connectivity index (χ3n) is 3.49. The van der Waals surface area contributed by atoms with Crippen LogP contribution in [0.1, 0.15) is 18.4 Å². The average molecular weight is 402 g/mol. The Balaban J connectivity index is 1.96. The van der Waals surface area contributed by atoms with E-state index in [1.54, 1.807) is 6.20 Å². The quantitative estimate of drug-likeness (QED) is 0.845. The lowest BCUT2D eigenvalue weighted by atomic mass is 10.1. The number of nitrogens with one attached hydrogen (secondary N) is 1. The van der Waals surface area contributed by atoms with Crippen molar-refractivity contribution in [2.45, 2.75) is 31.3 Å². The number of anilines is 1. The number of halogens is 4.